The molecule has 0 aliphatic heterocycles. The van der Waals surface area contributed by atoms with Crippen LogP contribution in [0.2, 0.25) is 0 Å². The van der Waals surface area contributed by atoms with Gasteiger partial charge in [0.1, 0.15) is 0 Å². The molecular weight excluding hydrogens is 719 g/mol. The number of para-hydroxylation sites is 6. The highest BCUT2D eigenvalue weighted by atomic mass is 15.2. The Hall–Kier alpha value is -8.02. The summed E-state index contributed by atoms with van der Waals surface area (Å²) in [5.74, 6) is 0.651. The molecule has 0 unspecified atom stereocenters. The molecule has 0 aliphatic carbocycles. The van der Waals surface area contributed by atoms with E-state index in [4.69, 9.17) is 9.97 Å². The monoisotopic (exact) mass is 751 g/mol. The number of hydrogen-bond acceptors (Lipinski definition) is 2. The molecule has 5 nitrogen and oxygen atoms in total. The van der Waals surface area contributed by atoms with Crippen LogP contribution in [0.15, 0.2) is 200 Å². The van der Waals surface area contributed by atoms with Gasteiger partial charge < -0.3 is 9.13 Å². The molecule has 4 heterocycles. The van der Waals surface area contributed by atoms with Gasteiger partial charge in [-0.2, -0.15) is 0 Å². The quantitative estimate of drug-likeness (QED) is 0.180. The summed E-state index contributed by atoms with van der Waals surface area (Å²) in [4.78, 5) is 10.8. The molecule has 0 amide bonds. The van der Waals surface area contributed by atoms with Crippen LogP contribution in [0.3, 0.4) is 0 Å². The number of rotatable bonds is 4. The van der Waals surface area contributed by atoms with E-state index >= 15 is 0 Å². The zero-order chi connectivity index (χ0) is 38.6. The number of fused-ring (bicyclic) bond motifs is 11. The van der Waals surface area contributed by atoms with E-state index in [1.165, 1.54) is 54.3 Å². The number of nitrogens with zero attached hydrogens (tertiary/aromatic N) is 5. The summed E-state index contributed by atoms with van der Waals surface area (Å²) in [6, 6.07) is 71.9. The van der Waals surface area contributed by atoms with E-state index in [1.54, 1.807) is 0 Å². The van der Waals surface area contributed by atoms with Crippen LogP contribution in [0, 0.1) is 0 Å². The van der Waals surface area contributed by atoms with Crippen molar-refractivity contribution in [3.8, 4) is 28.6 Å². The standard InChI is InChI=1S/C54H33N5/c1-2-14-37(15-3-1)57-49-24-12-7-18-41(49)44-31-35(27-29-51(44)57)53-43-20-4-9-21-46(43)55-54(56-53)59-50-25-13-8-19-42(50)45-32-36-30-38(28-26-34(36)33-52(45)59)58-47-22-10-5-16-39(47)40-17-6-11-23-48(40)58/h1-33H. The molecule has 9 aromatic carbocycles. The first-order chi connectivity index (χ1) is 29.3. The van der Waals surface area contributed by atoms with Crippen LogP contribution in [-0.4, -0.2) is 23.7 Å². The second-order valence-electron chi connectivity index (χ2n) is 15.4. The van der Waals surface area contributed by atoms with E-state index in [0.29, 0.717) is 5.95 Å². The third-order valence-corrected chi connectivity index (χ3v) is 12.2. The van der Waals surface area contributed by atoms with Crippen LogP contribution < -0.4 is 0 Å². The van der Waals surface area contributed by atoms with Crippen LogP contribution in [0.4, 0.5) is 0 Å². The molecule has 5 heteroatoms. The van der Waals surface area contributed by atoms with Crippen molar-refractivity contribution in [2.75, 3.05) is 0 Å². The van der Waals surface area contributed by atoms with Crippen molar-refractivity contribution < 1.29 is 0 Å². The van der Waals surface area contributed by atoms with Crippen LogP contribution in [0.25, 0.3) is 116 Å². The number of aromatic nitrogens is 5. The largest absolute Gasteiger partial charge is 0.309 e. The minimum Gasteiger partial charge on any atom is -0.309 e. The van der Waals surface area contributed by atoms with Gasteiger partial charge in [-0.25, -0.2) is 9.97 Å². The van der Waals surface area contributed by atoms with Gasteiger partial charge in [0.05, 0.1) is 44.3 Å². The molecule has 0 bridgehead atoms. The van der Waals surface area contributed by atoms with Gasteiger partial charge >= 0.3 is 0 Å². The lowest BCUT2D eigenvalue weighted by Crippen LogP contribution is -2.03. The second-order valence-corrected chi connectivity index (χ2v) is 15.4. The Labute approximate surface area is 338 Å². The van der Waals surface area contributed by atoms with E-state index in [0.717, 1.165) is 55.5 Å². The fourth-order valence-corrected chi connectivity index (χ4v) is 9.62. The molecule has 0 saturated carbocycles. The normalized spacial score (nSPS) is 12.1. The Bertz CT molecular complexity index is 3800. The van der Waals surface area contributed by atoms with Crippen molar-refractivity contribution in [3.05, 3.63) is 200 Å². The first-order valence-corrected chi connectivity index (χ1v) is 20.1. The SMILES string of the molecule is c1ccc(-n2c3ccccc3c3cc(-c4nc(-n5c6ccccc6c6cc7cc(-n8c9ccccc9c9ccccc98)ccc7cc65)nc5ccccc45)ccc32)cc1. The third kappa shape index (κ3) is 4.67. The fraction of sp³-hybridized carbons (Fsp3) is 0. The number of hydrogen-bond donors (Lipinski definition) is 0. The summed E-state index contributed by atoms with van der Waals surface area (Å²) < 4.78 is 6.99. The molecule has 0 spiro atoms. The van der Waals surface area contributed by atoms with Gasteiger partial charge in [-0.1, -0.05) is 121 Å². The Morgan fingerprint density at radius 2 is 0.814 bits per heavy atom. The highest BCUT2D eigenvalue weighted by molar-refractivity contribution is 6.15. The molecule has 0 radical (unpaired) electrons. The summed E-state index contributed by atoms with van der Waals surface area (Å²) in [6.07, 6.45) is 0. The lowest BCUT2D eigenvalue weighted by atomic mass is 10.0. The van der Waals surface area contributed by atoms with E-state index in [1.807, 2.05) is 0 Å². The Balaban J connectivity index is 1.03. The van der Waals surface area contributed by atoms with Gasteiger partial charge in [0, 0.05) is 54.6 Å². The molecule has 13 aromatic rings. The lowest BCUT2D eigenvalue weighted by Gasteiger charge is -2.13. The van der Waals surface area contributed by atoms with Crippen molar-refractivity contribution in [2.24, 2.45) is 0 Å². The van der Waals surface area contributed by atoms with E-state index in [9.17, 15) is 0 Å². The predicted octanol–water partition coefficient (Wildman–Crippen LogP) is 13.7. The van der Waals surface area contributed by atoms with Crippen molar-refractivity contribution in [2.45, 2.75) is 0 Å². The lowest BCUT2D eigenvalue weighted by molar-refractivity contribution is 1.01. The molecule has 0 atom stereocenters. The zero-order valence-electron chi connectivity index (χ0n) is 31.8. The molecular formula is C54H33N5. The van der Waals surface area contributed by atoms with Crippen LogP contribution >= 0.6 is 0 Å². The Kier molecular flexibility index (Phi) is 6.66. The van der Waals surface area contributed by atoms with Crippen molar-refractivity contribution in [1.29, 1.82) is 0 Å². The van der Waals surface area contributed by atoms with Gasteiger partial charge in [-0.3, -0.25) is 4.57 Å². The van der Waals surface area contributed by atoms with E-state index < -0.39 is 0 Å². The van der Waals surface area contributed by atoms with Crippen molar-refractivity contribution in [1.82, 2.24) is 23.7 Å². The second kappa shape index (κ2) is 12.2. The maximum absolute atomic E-state index is 5.49. The molecule has 0 fully saturated rings. The molecule has 274 valence electrons. The van der Waals surface area contributed by atoms with Gasteiger partial charge in [-0.15, -0.1) is 0 Å². The van der Waals surface area contributed by atoms with Gasteiger partial charge in [0.15, 0.2) is 0 Å². The third-order valence-electron chi connectivity index (χ3n) is 12.2. The molecule has 0 N–H and O–H groups in total. The summed E-state index contributed by atoms with van der Waals surface area (Å²) in [5, 5.41) is 10.6. The molecule has 4 aromatic heterocycles. The van der Waals surface area contributed by atoms with E-state index in [-0.39, 0.29) is 0 Å². The Morgan fingerprint density at radius 3 is 1.49 bits per heavy atom. The molecule has 13 rings (SSSR count). The van der Waals surface area contributed by atoms with Crippen molar-refractivity contribution >= 4 is 87.1 Å². The number of benzene rings is 9. The Morgan fingerprint density at radius 1 is 0.288 bits per heavy atom. The molecule has 0 saturated heterocycles. The highest BCUT2D eigenvalue weighted by Gasteiger charge is 2.20. The van der Waals surface area contributed by atoms with Gasteiger partial charge in [-0.05, 0) is 89.6 Å². The van der Waals surface area contributed by atoms with Crippen LogP contribution in [0.5, 0.6) is 0 Å². The topological polar surface area (TPSA) is 40.6 Å². The summed E-state index contributed by atoms with van der Waals surface area (Å²) in [7, 11) is 0. The maximum Gasteiger partial charge on any atom is 0.235 e. The predicted molar refractivity (Wildman–Crippen MR) is 245 cm³/mol. The minimum atomic E-state index is 0.651. The van der Waals surface area contributed by atoms with Gasteiger partial charge in [0.2, 0.25) is 5.95 Å². The van der Waals surface area contributed by atoms with E-state index in [2.05, 4.69) is 214 Å². The van der Waals surface area contributed by atoms with Gasteiger partial charge in [0.25, 0.3) is 0 Å². The average Bonchev–Trinajstić information content (AvgIpc) is 3.93. The first kappa shape index (κ1) is 32.1. The maximum atomic E-state index is 5.49. The van der Waals surface area contributed by atoms with Crippen LogP contribution in [-0.2, 0) is 0 Å². The molecule has 0 aliphatic rings. The van der Waals surface area contributed by atoms with Crippen molar-refractivity contribution in [3.63, 3.8) is 0 Å². The summed E-state index contributed by atoms with van der Waals surface area (Å²) in [5.41, 5.74) is 12.0. The fourth-order valence-electron chi connectivity index (χ4n) is 9.62. The smallest absolute Gasteiger partial charge is 0.235 e. The molecule has 59 heavy (non-hydrogen) atoms. The zero-order valence-corrected chi connectivity index (χ0v) is 31.8. The summed E-state index contributed by atoms with van der Waals surface area (Å²) >= 11 is 0. The highest BCUT2D eigenvalue weighted by Crippen LogP contribution is 2.40. The van der Waals surface area contributed by atoms with Crippen LogP contribution in [0.1, 0.15) is 0 Å². The summed E-state index contributed by atoms with van der Waals surface area (Å²) in [6.45, 7) is 0. The minimum absolute atomic E-state index is 0.651. The first-order valence-electron chi connectivity index (χ1n) is 20.1. The average molecular weight is 752 g/mol.